The van der Waals surface area contributed by atoms with E-state index in [0.29, 0.717) is 17.1 Å². The lowest BCUT2D eigenvalue weighted by Crippen LogP contribution is -2.30. The molecular formula is C22H21BrN2O4S. The molecule has 6 nitrogen and oxygen atoms in total. The van der Waals surface area contributed by atoms with Crippen LogP contribution in [0.15, 0.2) is 82.2 Å². The van der Waals surface area contributed by atoms with E-state index in [1.807, 2.05) is 19.1 Å². The number of carbonyl (C=O) groups excluding carboxylic acids is 1. The highest BCUT2D eigenvalue weighted by atomic mass is 79.9. The molecule has 0 radical (unpaired) electrons. The van der Waals surface area contributed by atoms with Gasteiger partial charge in [0.05, 0.1) is 4.90 Å². The molecule has 156 valence electrons. The van der Waals surface area contributed by atoms with Gasteiger partial charge in [0.1, 0.15) is 5.75 Å². The maximum atomic E-state index is 12.5. The first-order chi connectivity index (χ1) is 14.2. The second kappa shape index (κ2) is 9.32. The highest BCUT2D eigenvalue weighted by Crippen LogP contribution is 2.20. The predicted molar refractivity (Wildman–Crippen MR) is 121 cm³/mol. The van der Waals surface area contributed by atoms with Crippen molar-refractivity contribution in [1.82, 2.24) is 0 Å². The third-order valence-electron chi connectivity index (χ3n) is 4.23. The summed E-state index contributed by atoms with van der Waals surface area (Å²) in [5.74, 6) is 0.267. The Labute approximate surface area is 184 Å². The number of hydrogen-bond donors (Lipinski definition) is 2. The van der Waals surface area contributed by atoms with E-state index in [1.165, 1.54) is 24.3 Å². The van der Waals surface area contributed by atoms with Crippen LogP contribution in [0.2, 0.25) is 0 Å². The van der Waals surface area contributed by atoms with E-state index in [1.54, 1.807) is 43.3 Å². The minimum Gasteiger partial charge on any atom is -0.481 e. The van der Waals surface area contributed by atoms with Crippen molar-refractivity contribution in [3.63, 3.8) is 0 Å². The van der Waals surface area contributed by atoms with Crippen LogP contribution in [-0.2, 0) is 14.8 Å². The molecule has 0 saturated carbocycles. The van der Waals surface area contributed by atoms with Crippen LogP contribution in [0.25, 0.3) is 0 Å². The average molecular weight is 489 g/mol. The molecule has 0 bridgehead atoms. The molecule has 1 amide bonds. The Kier molecular flexibility index (Phi) is 6.79. The van der Waals surface area contributed by atoms with Crippen molar-refractivity contribution in [3.8, 4) is 5.75 Å². The first kappa shape index (κ1) is 21.9. The molecule has 2 N–H and O–H groups in total. The second-order valence-electron chi connectivity index (χ2n) is 6.70. The number of aryl methyl sites for hydroxylation is 1. The molecule has 0 unspecified atom stereocenters. The summed E-state index contributed by atoms with van der Waals surface area (Å²) in [5.41, 5.74) is 2.03. The van der Waals surface area contributed by atoms with E-state index in [4.69, 9.17) is 4.74 Å². The molecule has 1 atom stereocenters. The van der Waals surface area contributed by atoms with Gasteiger partial charge in [-0.3, -0.25) is 9.52 Å². The van der Waals surface area contributed by atoms with Gasteiger partial charge in [0.25, 0.3) is 15.9 Å². The normalized spacial score (nSPS) is 12.1. The van der Waals surface area contributed by atoms with Gasteiger partial charge in [-0.25, -0.2) is 8.42 Å². The molecule has 30 heavy (non-hydrogen) atoms. The summed E-state index contributed by atoms with van der Waals surface area (Å²) in [6.45, 7) is 3.62. The molecule has 0 aliphatic rings. The Morgan fingerprint density at radius 1 is 0.900 bits per heavy atom. The fourth-order valence-corrected chi connectivity index (χ4v) is 3.89. The van der Waals surface area contributed by atoms with Crippen LogP contribution in [0.1, 0.15) is 12.5 Å². The van der Waals surface area contributed by atoms with Gasteiger partial charge in [-0.1, -0.05) is 33.6 Å². The number of anilines is 2. The topological polar surface area (TPSA) is 84.5 Å². The van der Waals surface area contributed by atoms with E-state index < -0.39 is 16.1 Å². The lowest BCUT2D eigenvalue weighted by Gasteiger charge is -2.15. The van der Waals surface area contributed by atoms with Crippen molar-refractivity contribution in [2.24, 2.45) is 0 Å². The van der Waals surface area contributed by atoms with Gasteiger partial charge < -0.3 is 10.1 Å². The molecule has 8 heteroatoms. The van der Waals surface area contributed by atoms with Gasteiger partial charge in [0, 0.05) is 15.8 Å². The average Bonchev–Trinajstić information content (AvgIpc) is 2.71. The lowest BCUT2D eigenvalue weighted by atomic mass is 10.2. The molecule has 0 aliphatic heterocycles. The third kappa shape index (κ3) is 5.84. The molecule has 0 aromatic heterocycles. The standard InChI is InChI=1S/C22H21BrN2O4S/c1-15-3-11-20(12-4-15)29-16(2)22(26)24-18-9-13-21(14-10-18)30(27,28)25-19-7-5-17(23)6-8-19/h3-14,16,25H,1-2H3,(H,24,26)/t16-/m0/s1. The van der Waals surface area contributed by atoms with Crippen LogP contribution in [0, 0.1) is 6.92 Å². The Hall–Kier alpha value is -2.84. The number of carbonyl (C=O) groups is 1. The minimum absolute atomic E-state index is 0.0902. The van der Waals surface area contributed by atoms with Crippen molar-refractivity contribution >= 4 is 43.2 Å². The number of halogens is 1. The SMILES string of the molecule is Cc1ccc(O[C@@H](C)C(=O)Nc2ccc(S(=O)(=O)Nc3ccc(Br)cc3)cc2)cc1. The fourth-order valence-electron chi connectivity index (χ4n) is 2.57. The van der Waals surface area contributed by atoms with Crippen molar-refractivity contribution in [2.75, 3.05) is 10.0 Å². The molecule has 0 saturated heterocycles. The second-order valence-corrected chi connectivity index (χ2v) is 9.30. The quantitative estimate of drug-likeness (QED) is 0.491. The molecule has 0 fully saturated rings. The molecular weight excluding hydrogens is 468 g/mol. The van der Waals surface area contributed by atoms with Crippen LogP contribution >= 0.6 is 15.9 Å². The maximum absolute atomic E-state index is 12.5. The smallest absolute Gasteiger partial charge is 0.265 e. The number of nitrogens with one attached hydrogen (secondary N) is 2. The van der Waals surface area contributed by atoms with Crippen LogP contribution in [0.4, 0.5) is 11.4 Å². The number of amides is 1. The summed E-state index contributed by atoms with van der Waals surface area (Å²) in [5, 5.41) is 2.72. The number of hydrogen-bond acceptors (Lipinski definition) is 4. The van der Waals surface area contributed by atoms with Crippen LogP contribution < -0.4 is 14.8 Å². The van der Waals surface area contributed by atoms with E-state index in [0.717, 1.165) is 10.0 Å². The Bertz CT molecular complexity index is 1110. The van der Waals surface area contributed by atoms with E-state index in [9.17, 15) is 13.2 Å². The highest BCUT2D eigenvalue weighted by molar-refractivity contribution is 9.10. The Morgan fingerprint density at radius 2 is 1.47 bits per heavy atom. The van der Waals surface area contributed by atoms with E-state index in [2.05, 4.69) is 26.0 Å². The highest BCUT2D eigenvalue weighted by Gasteiger charge is 2.17. The van der Waals surface area contributed by atoms with Gasteiger partial charge in [-0.05, 0) is 74.5 Å². The van der Waals surface area contributed by atoms with Gasteiger partial charge in [0.15, 0.2) is 6.10 Å². The first-order valence-corrected chi connectivity index (χ1v) is 11.4. The van der Waals surface area contributed by atoms with Crippen LogP contribution in [0.5, 0.6) is 5.75 Å². The molecule has 3 aromatic carbocycles. The van der Waals surface area contributed by atoms with Gasteiger partial charge >= 0.3 is 0 Å². The Balaban J connectivity index is 1.62. The molecule has 0 aliphatic carbocycles. The van der Waals surface area contributed by atoms with Gasteiger partial charge in [0.2, 0.25) is 0 Å². The summed E-state index contributed by atoms with van der Waals surface area (Å²) in [4.78, 5) is 12.5. The lowest BCUT2D eigenvalue weighted by molar-refractivity contribution is -0.122. The zero-order valence-corrected chi connectivity index (χ0v) is 18.8. The van der Waals surface area contributed by atoms with Crippen LogP contribution in [-0.4, -0.2) is 20.4 Å². The predicted octanol–water partition coefficient (Wildman–Crippen LogP) is 4.96. The monoisotopic (exact) mass is 488 g/mol. The maximum Gasteiger partial charge on any atom is 0.265 e. The van der Waals surface area contributed by atoms with Crippen molar-refractivity contribution < 1.29 is 17.9 Å². The number of rotatable bonds is 7. The van der Waals surface area contributed by atoms with E-state index >= 15 is 0 Å². The summed E-state index contributed by atoms with van der Waals surface area (Å²) in [7, 11) is -3.73. The Morgan fingerprint density at radius 3 is 2.07 bits per heavy atom. The number of sulfonamides is 1. The largest absolute Gasteiger partial charge is 0.481 e. The zero-order chi connectivity index (χ0) is 21.7. The molecule has 3 aromatic rings. The summed E-state index contributed by atoms with van der Waals surface area (Å²) in [6, 6.07) is 20.2. The van der Waals surface area contributed by atoms with Gasteiger partial charge in [-0.15, -0.1) is 0 Å². The summed E-state index contributed by atoms with van der Waals surface area (Å²) >= 11 is 3.31. The van der Waals surface area contributed by atoms with Crippen molar-refractivity contribution in [3.05, 3.63) is 82.8 Å². The van der Waals surface area contributed by atoms with Crippen molar-refractivity contribution in [1.29, 1.82) is 0 Å². The van der Waals surface area contributed by atoms with E-state index in [-0.39, 0.29) is 10.8 Å². The molecule has 3 rings (SSSR count). The number of benzene rings is 3. The third-order valence-corrected chi connectivity index (χ3v) is 6.16. The zero-order valence-electron chi connectivity index (χ0n) is 16.4. The van der Waals surface area contributed by atoms with Gasteiger partial charge in [-0.2, -0.15) is 0 Å². The fraction of sp³-hybridized carbons (Fsp3) is 0.136. The summed E-state index contributed by atoms with van der Waals surface area (Å²) < 4.78 is 34.1. The van der Waals surface area contributed by atoms with Crippen molar-refractivity contribution in [2.45, 2.75) is 24.8 Å². The van der Waals surface area contributed by atoms with Crippen LogP contribution in [0.3, 0.4) is 0 Å². The number of ether oxygens (including phenoxy) is 1. The summed E-state index contributed by atoms with van der Waals surface area (Å²) in [6.07, 6.45) is -0.713. The first-order valence-electron chi connectivity index (χ1n) is 9.15. The molecule has 0 spiro atoms. The molecule has 0 heterocycles. The minimum atomic E-state index is -3.73.